The van der Waals surface area contributed by atoms with Gasteiger partial charge in [-0.15, -0.1) is 0 Å². The van der Waals surface area contributed by atoms with Crippen molar-refractivity contribution in [1.82, 2.24) is 0 Å². The van der Waals surface area contributed by atoms with Crippen molar-refractivity contribution >= 4 is 21.7 Å². The maximum Gasteiger partial charge on any atom is 0.231 e. The molecule has 0 aliphatic heterocycles. The predicted molar refractivity (Wildman–Crippen MR) is 67.0 cm³/mol. The Labute approximate surface area is 112 Å². The van der Waals surface area contributed by atoms with E-state index in [-0.39, 0.29) is 17.9 Å². The van der Waals surface area contributed by atoms with Crippen molar-refractivity contribution in [2.24, 2.45) is 0 Å². The summed E-state index contributed by atoms with van der Waals surface area (Å²) in [7, 11) is 1.53. The molecular formula is C13H10BrFO3. The fraction of sp³-hybridized carbons (Fsp3) is 0.154. The zero-order valence-corrected chi connectivity index (χ0v) is 11.2. The molecule has 0 amide bonds. The molecule has 0 aliphatic rings. The van der Waals surface area contributed by atoms with Crippen molar-refractivity contribution in [2.75, 3.05) is 7.11 Å². The second-order valence-corrected chi connectivity index (χ2v) is 4.57. The van der Waals surface area contributed by atoms with Gasteiger partial charge in [-0.1, -0.05) is 15.9 Å². The summed E-state index contributed by atoms with van der Waals surface area (Å²) in [6.45, 7) is 0.274. The highest BCUT2D eigenvalue weighted by Crippen LogP contribution is 2.19. The maximum absolute atomic E-state index is 13.6. The summed E-state index contributed by atoms with van der Waals surface area (Å²) in [6.07, 6.45) is 0. The molecule has 0 spiro atoms. The number of carbonyl (C=O) groups excluding carboxylic acids is 1. The Morgan fingerprint density at radius 2 is 2.17 bits per heavy atom. The summed E-state index contributed by atoms with van der Waals surface area (Å²) in [4.78, 5) is 12.0. The molecule has 2 rings (SSSR count). The number of methoxy groups -OCH3 is 1. The highest BCUT2D eigenvalue weighted by atomic mass is 79.9. The molecule has 1 aromatic carbocycles. The standard InChI is InChI=1S/C13H10BrFO3/c1-17-7-9-3-5-12(18-9)13(16)10-4-2-8(14)6-11(10)15/h2-6H,7H2,1H3. The van der Waals surface area contributed by atoms with Gasteiger partial charge in [-0.05, 0) is 30.3 Å². The monoisotopic (exact) mass is 312 g/mol. The predicted octanol–water partition coefficient (Wildman–Crippen LogP) is 3.56. The Bertz CT molecular complexity index is 577. The van der Waals surface area contributed by atoms with Crippen LogP contribution in [0, 0.1) is 5.82 Å². The Balaban J connectivity index is 2.29. The van der Waals surface area contributed by atoms with Gasteiger partial charge in [0.2, 0.25) is 5.78 Å². The van der Waals surface area contributed by atoms with Gasteiger partial charge in [0.25, 0.3) is 0 Å². The van der Waals surface area contributed by atoms with Crippen LogP contribution in [0.15, 0.2) is 39.2 Å². The van der Waals surface area contributed by atoms with Crippen LogP contribution in [0.5, 0.6) is 0 Å². The van der Waals surface area contributed by atoms with Crippen molar-refractivity contribution in [1.29, 1.82) is 0 Å². The topological polar surface area (TPSA) is 39.4 Å². The van der Waals surface area contributed by atoms with E-state index >= 15 is 0 Å². The summed E-state index contributed by atoms with van der Waals surface area (Å²) in [5, 5.41) is 0. The summed E-state index contributed by atoms with van der Waals surface area (Å²) in [5.41, 5.74) is -0.0171. The van der Waals surface area contributed by atoms with Crippen molar-refractivity contribution in [2.45, 2.75) is 6.61 Å². The third-order valence-electron chi connectivity index (χ3n) is 2.35. The fourth-order valence-electron chi connectivity index (χ4n) is 1.53. The summed E-state index contributed by atoms with van der Waals surface area (Å²) in [6, 6.07) is 7.41. The molecule has 0 saturated carbocycles. The molecule has 18 heavy (non-hydrogen) atoms. The van der Waals surface area contributed by atoms with E-state index in [9.17, 15) is 9.18 Å². The van der Waals surface area contributed by atoms with Gasteiger partial charge >= 0.3 is 0 Å². The van der Waals surface area contributed by atoms with Crippen molar-refractivity contribution < 1.29 is 18.3 Å². The lowest BCUT2D eigenvalue weighted by molar-refractivity contribution is 0.0996. The fourth-order valence-corrected chi connectivity index (χ4v) is 1.86. The van der Waals surface area contributed by atoms with Crippen LogP contribution < -0.4 is 0 Å². The van der Waals surface area contributed by atoms with Gasteiger partial charge in [0.15, 0.2) is 5.76 Å². The molecule has 0 fully saturated rings. The third-order valence-corrected chi connectivity index (χ3v) is 2.84. The van der Waals surface area contributed by atoms with E-state index in [1.807, 2.05) is 0 Å². The minimum Gasteiger partial charge on any atom is -0.455 e. The average Bonchev–Trinajstić information content (AvgIpc) is 2.77. The quantitative estimate of drug-likeness (QED) is 0.810. The summed E-state index contributed by atoms with van der Waals surface area (Å²) < 4.78 is 24.4. The minimum absolute atomic E-state index is 0.0171. The van der Waals surface area contributed by atoms with E-state index in [1.165, 1.54) is 25.3 Å². The third kappa shape index (κ3) is 2.68. The minimum atomic E-state index is -0.584. The largest absolute Gasteiger partial charge is 0.455 e. The summed E-state index contributed by atoms with van der Waals surface area (Å²) in [5.74, 6) is -0.442. The van der Waals surface area contributed by atoms with Crippen LogP contribution in [-0.2, 0) is 11.3 Å². The van der Waals surface area contributed by atoms with E-state index in [0.717, 1.165) is 0 Å². The SMILES string of the molecule is COCc1ccc(C(=O)c2ccc(Br)cc2F)o1. The lowest BCUT2D eigenvalue weighted by Gasteiger charge is -2.00. The molecular weight excluding hydrogens is 303 g/mol. The smallest absolute Gasteiger partial charge is 0.231 e. The number of ether oxygens (including phenoxy) is 1. The van der Waals surface area contributed by atoms with E-state index in [1.54, 1.807) is 12.1 Å². The van der Waals surface area contributed by atoms with Crippen LogP contribution in [0.1, 0.15) is 21.9 Å². The van der Waals surface area contributed by atoms with Gasteiger partial charge in [-0.25, -0.2) is 4.39 Å². The molecule has 0 atom stereocenters. The van der Waals surface area contributed by atoms with Crippen LogP contribution in [-0.4, -0.2) is 12.9 Å². The molecule has 0 aliphatic carbocycles. The molecule has 5 heteroatoms. The average molecular weight is 313 g/mol. The molecule has 0 bridgehead atoms. The molecule has 0 N–H and O–H groups in total. The van der Waals surface area contributed by atoms with E-state index in [4.69, 9.17) is 9.15 Å². The second-order valence-electron chi connectivity index (χ2n) is 3.65. The van der Waals surface area contributed by atoms with Crippen LogP contribution >= 0.6 is 15.9 Å². The number of benzene rings is 1. The lowest BCUT2D eigenvalue weighted by Crippen LogP contribution is -2.02. The number of ketones is 1. The molecule has 3 nitrogen and oxygen atoms in total. The van der Waals surface area contributed by atoms with Gasteiger partial charge in [0.05, 0.1) is 5.56 Å². The molecule has 1 aromatic heterocycles. The van der Waals surface area contributed by atoms with Crippen LogP contribution in [0.25, 0.3) is 0 Å². The number of rotatable bonds is 4. The first-order valence-corrected chi connectivity index (χ1v) is 5.98. The Kier molecular flexibility index (Phi) is 3.93. The number of furan rings is 1. The van der Waals surface area contributed by atoms with Crippen LogP contribution in [0.2, 0.25) is 0 Å². The van der Waals surface area contributed by atoms with Crippen LogP contribution in [0.4, 0.5) is 4.39 Å². The molecule has 1 heterocycles. The van der Waals surface area contributed by atoms with Crippen LogP contribution in [0.3, 0.4) is 0 Å². The van der Waals surface area contributed by atoms with E-state index < -0.39 is 11.6 Å². The van der Waals surface area contributed by atoms with Gasteiger partial charge in [-0.2, -0.15) is 0 Å². The second kappa shape index (κ2) is 5.46. The van der Waals surface area contributed by atoms with Gasteiger partial charge in [0.1, 0.15) is 18.2 Å². The summed E-state index contributed by atoms with van der Waals surface area (Å²) >= 11 is 3.14. The lowest BCUT2D eigenvalue weighted by atomic mass is 10.1. The maximum atomic E-state index is 13.6. The number of hydrogen-bond acceptors (Lipinski definition) is 3. The van der Waals surface area contributed by atoms with Crippen molar-refractivity contribution in [3.8, 4) is 0 Å². The molecule has 2 aromatic rings. The first-order valence-electron chi connectivity index (χ1n) is 5.19. The molecule has 0 radical (unpaired) electrons. The number of halogens is 2. The highest BCUT2D eigenvalue weighted by molar-refractivity contribution is 9.10. The zero-order chi connectivity index (χ0) is 13.1. The van der Waals surface area contributed by atoms with E-state index in [2.05, 4.69) is 15.9 Å². The van der Waals surface area contributed by atoms with Gasteiger partial charge in [0, 0.05) is 11.6 Å². The van der Waals surface area contributed by atoms with E-state index in [0.29, 0.717) is 10.2 Å². The molecule has 0 unspecified atom stereocenters. The molecule has 94 valence electrons. The number of hydrogen-bond donors (Lipinski definition) is 0. The Morgan fingerprint density at radius 1 is 1.39 bits per heavy atom. The Hall–Kier alpha value is -1.46. The van der Waals surface area contributed by atoms with Crippen molar-refractivity contribution in [3.05, 3.63) is 57.7 Å². The zero-order valence-electron chi connectivity index (χ0n) is 9.57. The molecule has 0 saturated heterocycles. The normalized spacial score (nSPS) is 10.6. The van der Waals surface area contributed by atoms with Gasteiger partial charge < -0.3 is 9.15 Å². The Morgan fingerprint density at radius 3 is 2.83 bits per heavy atom. The van der Waals surface area contributed by atoms with Crippen molar-refractivity contribution in [3.63, 3.8) is 0 Å². The highest BCUT2D eigenvalue weighted by Gasteiger charge is 2.17. The first-order chi connectivity index (χ1) is 8.61. The van der Waals surface area contributed by atoms with Gasteiger partial charge in [-0.3, -0.25) is 4.79 Å². The first kappa shape index (κ1) is 13.0. The number of carbonyl (C=O) groups is 1.